The Labute approximate surface area is 359 Å². The molecule has 0 spiro atoms. The van der Waals surface area contributed by atoms with E-state index < -0.39 is 58.6 Å². The molecule has 4 N–H and O–H groups in total. The minimum absolute atomic E-state index is 0. The molecule has 6 heterocycles. The summed E-state index contributed by atoms with van der Waals surface area (Å²) in [5, 5.41) is 4.06. The van der Waals surface area contributed by atoms with Crippen molar-refractivity contribution in [2.24, 2.45) is 11.8 Å². The van der Waals surface area contributed by atoms with Gasteiger partial charge < -0.3 is 28.6 Å². The van der Waals surface area contributed by atoms with E-state index >= 15 is 8.78 Å². The van der Waals surface area contributed by atoms with Crippen LogP contribution in [0.25, 0.3) is 44.6 Å². The molecule has 2 aliphatic rings. The number of aryl methyl sites for hydroxylation is 2. The SMILES string of the molecule is C.CCn1cnc2c(F)c(-c3ccc(C(/C=C4\OC(=O)NC4=O)C(C)C)c(=O)[nH]3)ccc21.CCn1cnc2ccc(-c3ccc(C(/C=C4\OC(=O)NC4=O)C(C)C)c(=O)[nH]3)c(F)c21. The molecular formula is C45H46F2N8O8. The normalized spacial score (nSPS) is 16.0. The Kier molecular flexibility index (Phi) is 13.0. The molecule has 0 bridgehead atoms. The van der Waals surface area contributed by atoms with E-state index in [0.29, 0.717) is 52.2 Å². The third-order valence-electron chi connectivity index (χ3n) is 10.7. The number of pyridine rings is 2. The van der Waals surface area contributed by atoms with Crippen LogP contribution in [0.15, 0.2) is 94.4 Å². The van der Waals surface area contributed by atoms with Crippen molar-refractivity contribution >= 4 is 46.1 Å². The van der Waals surface area contributed by atoms with Gasteiger partial charge in [0.25, 0.3) is 22.9 Å². The molecule has 6 aromatic rings. The number of aromatic nitrogens is 6. The Balaban J connectivity index is 0.000000206. The highest BCUT2D eigenvalue weighted by Gasteiger charge is 2.31. The van der Waals surface area contributed by atoms with E-state index in [1.54, 1.807) is 65.8 Å². The van der Waals surface area contributed by atoms with Gasteiger partial charge in [-0.1, -0.05) is 47.3 Å². The van der Waals surface area contributed by atoms with E-state index in [2.05, 4.69) is 19.9 Å². The maximum Gasteiger partial charge on any atom is 0.419 e. The zero-order chi connectivity index (χ0) is 44.6. The summed E-state index contributed by atoms with van der Waals surface area (Å²) in [7, 11) is 0. The van der Waals surface area contributed by atoms with Crippen molar-refractivity contribution < 1.29 is 37.4 Å². The molecule has 4 aromatic heterocycles. The van der Waals surface area contributed by atoms with Crippen molar-refractivity contribution in [2.45, 2.75) is 73.9 Å². The van der Waals surface area contributed by atoms with Gasteiger partial charge in [-0.2, -0.15) is 0 Å². The maximum atomic E-state index is 15.2. The molecule has 0 aliphatic carbocycles. The van der Waals surface area contributed by atoms with E-state index in [9.17, 15) is 28.8 Å². The number of imidazole rings is 2. The Bertz CT molecular complexity index is 2980. The lowest BCUT2D eigenvalue weighted by molar-refractivity contribution is -0.117. The lowest BCUT2D eigenvalue weighted by Gasteiger charge is -2.17. The van der Waals surface area contributed by atoms with Crippen LogP contribution in [-0.2, 0) is 32.2 Å². The molecule has 0 saturated carbocycles. The number of halogens is 2. The lowest BCUT2D eigenvalue weighted by atomic mass is 9.88. The molecule has 328 valence electrons. The van der Waals surface area contributed by atoms with Gasteiger partial charge in [-0.3, -0.25) is 29.8 Å². The van der Waals surface area contributed by atoms with Crippen LogP contribution in [0.5, 0.6) is 0 Å². The summed E-state index contributed by atoms with van der Waals surface area (Å²) in [6.45, 7) is 12.6. The number of rotatable bonds is 10. The summed E-state index contributed by atoms with van der Waals surface area (Å²) in [6, 6.07) is 13.1. The minimum Gasteiger partial charge on any atom is -0.404 e. The van der Waals surface area contributed by atoms with Gasteiger partial charge in [0.2, 0.25) is 0 Å². The Morgan fingerprint density at radius 3 is 1.56 bits per heavy atom. The van der Waals surface area contributed by atoms with Gasteiger partial charge in [0.15, 0.2) is 23.2 Å². The predicted octanol–water partition coefficient (Wildman–Crippen LogP) is 7.52. The molecular weight excluding hydrogens is 819 g/mol. The number of benzene rings is 2. The van der Waals surface area contributed by atoms with Crippen molar-refractivity contribution in [1.29, 1.82) is 0 Å². The highest BCUT2D eigenvalue weighted by atomic mass is 19.1. The summed E-state index contributed by atoms with van der Waals surface area (Å²) in [5.41, 5.74) is 2.90. The summed E-state index contributed by atoms with van der Waals surface area (Å²) < 4.78 is 43.6. The number of imide groups is 2. The number of nitrogens with one attached hydrogen (secondary N) is 4. The second-order valence-corrected chi connectivity index (χ2v) is 15.3. The molecule has 63 heavy (non-hydrogen) atoms. The summed E-state index contributed by atoms with van der Waals surface area (Å²) in [4.78, 5) is 85.7. The van der Waals surface area contributed by atoms with Crippen molar-refractivity contribution in [3.63, 3.8) is 0 Å². The molecule has 2 aliphatic heterocycles. The van der Waals surface area contributed by atoms with Crippen LogP contribution >= 0.6 is 0 Å². The maximum absolute atomic E-state index is 15.2. The highest BCUT2D eigenvalue weighted by molar-refractivity contribution is 6.08. The van der Waals surface area contributed by atoms with Crippen molar-refractivity contribution in [2.75, 3.05) is 0 Å². The first-order valence-electron chi connectivity index (χ1n) is 19.8. The van der Waals surface area contributed by atoms with E-state index in [-0.39, 0.29) is 47.4 Å². The van der Waals surface area contributed by atoms with Crippen LogP contribution in [0.3, 0.4) is 0 Å². The Hall–Kier alpha value is -7.50. The second kappa shape index (κ2) is 18.2. The lowest BCUT2D eigenvalue weighted by Crippen LogP contribution is -2.21. The zero-order valence-electron chi connectivity index (χ0n) is 34.5. The molecule has 2 unspecified atom stereocenters. The first-order valence-corrected chi connectivity index (χ1v) is 19.8. The molecule has 16 nitrogen and oxygen atoms in total. The standard InChI is InChI=1S/2C22H21FN4O4.CH4/c1-4-27-10-24-19-16(27)8-6-13(18(19)23)15-7-5-12(20(28)25-15)14(11(2)3)9-17-21(29)26-22(30)31-17;1-4-27-10-24-16-8-6-13(18(23)19(16)27)15-7-5-12(20(28)25-15)14(11(2)3)9-17-21(29)26-22(30)31-17;/h2*5-11,14H,4H2,1-3H3,(H,25,28)(H,26,29,30);1H4/b2*17-9-;. The van der Waals surface area contributed by atoms with E-state index in [0.717, 1.165) is 0 Å². The van der Waals surface area contributed by atoms with Crippen molar-refractivity contribution in [3.05, 3.63) is 128 Å². The number of H-pyrrole nitrogens is 2. The van der Waals surface area contributed by atoms with Gasteiger partial charge in [-0.15, -0.1) is 0 Å². The number of hydrogen-bond donors (Lipinski definition) is 4. The fourth-order valence-electron chi connectivity index (χ4n) is 7.42. The van der Waals surface area contributed by atoms with Crippen LogP contribution < -0.4 is 21.8 Å². The Morgan fingerprint density at radius 1 is 0.635 bits per heavy atom. The third kappa shape index (κ3) is 8.82. The van der Waals surface area contributed by atoms with Crippen LogP contribution in [0, 0.1) is 23.5 Å². The summed E-state index contributed by atoms with van der Waals surface area (Å²) >= 11 is 0. The average Bonchev–Trinajstić information content (AvgIpc) is 4.01. The van der Waals surface area contributed by atoms with Gasteiger partial charge >= 0.3 is 12.2 Å². The second-order valence-electron chi connectivity index (χ2n) is 15.3. The monoisotopic (exact) mass is 864 g/mol. The number of nitrogens with zero attached hydrogens (tertiary/aromatic N) is 4. The number of carbonyl (C=O) groups is 4. The van der Waals surface area contributed by atoms with Crippen molar-refractivity contribution in [3.8, 4) is 22.5 Å². The number of fused-ring (bicyclic) bond motifs is 2. The molecule has 18 heteroatoms. The van der Waals surface area contributed by atoms with E-state index in [4.69, 9.17) is 9.47 Å². The number of cyclic esters (lactones) is 2. The number of aromatic amines is 2. The van der Waals surface area contributed by atoms with Crippen molar-refractivity contribution in [1.82, 2.24) is 39.7 Å². The molecule has 2 saturated heterocycles. The third-order valence-corrected chi connectivity index (χ3v) is 10.7. The number of allylic oxidation sites excluding steroid dienone is 2. The van der Waals surface area contributed by atoms with Crippen LogP contribution in [0.4, 0.5) is 18.4 Å². The van der Waals surface area contributed by atoms with E-state index in [1.807, 2.05) is 56.7 Å². The molecule has 4 amide bonds. The molecule has 2 atom stereocenters. The van der Waals surface area contributed by atoms with Gasteiger partial charge in [0.1, 0.15) is 11.0 Å². The summed E-state index contributed by atoms with van der Waals surface area (Å²) in [6.07, 6.45) is 4.38. The molecule has 2 aromatic carbocycles. The first kappa shape index (κ1) is 45.0. The van der Waals surface area contributed by atoms with Crippen LogP contribution in [0.1, 0.15) is 71.9 Å². The first-order chi connectivity index (χ1) is 29.6. The number of alkyl carbamates (subject to hydrolysis) is 2. The largest absolute Gasteiger partial charge is 0.419 e. The minimum atomic E-state index is -0.848. The smallest absolute Gasteiger partial charge is 0.404 e. The fourth-order valence-corrected chi connectivity index (χ4v) is 7.42. The van der Waals surface area contributed by atoms with Gasteiger partial charge in [0.05, 0.1) is 35.1 Å². The number of amides is 4. The number of hydrogen-bond acceptors (Lipinski definition) is 10. The molecule has 8 rings (SSSR count). The Morgan fingerprint density at radius 2 is 1.11 bits per heavy atom. The number of ether oxygens (including phenoxy) is 2. The number of carbonyl (C=O) groups excluding carboxylic acids is 4. The highest BCUT2D eigenvalue weighted by Crippen LogP contribution is 2.32. The average molecular weight is 865 g/mol. The molecule has 0 radical (unpaired) electrons. The van der Waals surface area contributed by atoms with Crippen LogP contribution in [-0.4, -0.2) is 53.1 Å². The zero-order valence-corrected chi connectivity index (χ0v) is 34.5. The quantitative estimate of drug-likeness (QED) is 0.0995. The molecule has 2 fully saturated rings. The fraction of sp³-hybridized carbons (Fsp3) is 0.289. The van der Waals surface area contributed by atoms with E-state index in [1.165, 1.54) is 12.2 Å². The van der Waals surface area contributed by atoms with Crippen LogP contribution in [0.2, 0.25) is 0 Å². The predicted molar refractivity (Wildman–Crippen MR) is 230 cm³/mol. The van der Waals surface area contributed by atoms with Gasteiger partial charge in [-0.05, 0) is 74.2 Å². The van der Waals surface area contributed by atoms with Gasteiger partial charge in [0, 0.05) is 47.2 Å². The van der Waals surface area contributed by atoms with Gasteiger partial charge in [-0.25, -0.2) is 28.3 Å². The topological polar surface area (TPSA) is 212 Å². The summed E-state index contributed by atoms with van der Waals surface area (Å²) in [5.74, 6) is -3.67.